The fourth-order valence-electron chi connectivity index (χ4n) is 2.13. The molecule has 6 heteroatoms. The lowest BCUT2D eigenvalue weighted by atomic mass is 10.2. The number of hydrogen-bond donors (Lipinski definition) is 3. The predicted molar refractivity (Wildman–Crippen MR) is 80.7 cm³/mol. The summed E-state index contributed by atoms with van der Waals surface area (Å²) in [5.74, 6) is 0. The zero-order valence-corrected chi connectivity index (χ0v) is 11.5. The van der Waals surface area contributed by atoms with E-state index in [9.17, 15) is 4.79 Å². The van der Waals surface area contributed by atoms with E-state index in [-0.39, 0.29) is 5.56 Å². The maximum Gasteiger partial charge on any atom is 0.258 e. The summed E-state index contributed by atoms with van der Waals surface area (Å²) in [6.07, 6.45) is 6.04. The van der Waals surface area contributed by atoms with Crippen molar-refractivity contribution in [2.24, 2.45) is 0 Å². The number of aromatic amines is 1. The highest BCUT2D eigenvalue weighted by Gasteiger charge is 2.41. The Balaban J connectivity index is 1.91. The van der Waals surface area contributed by atoms with Crippen molar-refractivity contribution in [1.29, 1.82) is 0 Å². The molecule has 1 saturated carbocycles. The Bertz CT molecular complexity index is 678. The first-order chi connectivity index (χ1) is 9.13. The van der Waals surface area contributed by atoms with Gasteiger partial charge in [-0.1, -0.05) is 0 Å². The van der Waals surface area contributed by atoms with Gasteiger partial charge in [0.1, 0.15) is 0 Å². The molecule has 5 nitrogen and oxygen atoms in total. The van der Waals surface area contributed by atoms with Crippen molar-refractivity contribution in [2.75, 3.05) is 23.9 Å². The molecule has 1 heterocycles. The number of thioether (sulfide) groups is 1. The highest BCUT2D eigenvalue weighted by molar-refractivity contribution is 8.00. The van der Waals surface area contributed by atoms with Gasteiger partial charge in [-0.3, -0.25) is 4.79 Å². The van der Waals surface area contributed by atoms with E-state index in [4.69, 9.17) is 5.73 Å². The van der Waals surface area contributed by atoms with Crippen molar-refractivity contribution in [3.8, 4) is 0 Å². The van der Waals surface area contributed by atoms with Crippen molar-refractivity contribution < 1.29 is 0 Å². The topological polar surface area (TPSA) is 83.8 Å². The van der Waals surface area contributed by atoms with E-state index in [1.54, 1.807) is 6.07 Å². The van der Waals surface area contributed by atoms with Crippen LogP contribution >= 0.6 is 11.8 Å². The first kappa shape index (κ1) is 12.3. The molecule has 100 valence electrons. The minimum atomic E-state index is -0.161. The van der Waals surface area contributed by atoms with Crippen LogP contribution in [-0.4, -0.2) is 27.5 Å². The molecule has 1 aliphatic rings. The Labute approximate surface area is 115 Å². The second-order valence-electron chi connectivity index (χ2n) is 4.93. The maximum atomic E-state index is 11.6. The van der Waals surface area contributed by atoms with E-state index in [2.05, 4.69) is 21.5 Å². The Hall–Kier alpha value is -1.69. The lowest BCUT2D eigenvalue weighted by Gasteiger charge is -2.15. The van der Waals surface area contributed by atoms with E-state index in [1.165, 1.54) is 19.2 Å². The van der Waals surface area contributed by atoms with Gasteiger partial charge in [-0.15, -0.1) is 0 Å². The van der Waals surface area contributed by atoms with Gasteiger partial charge >= 0.3 is 0 Å². The van der Waals surface area contributed by atoms with Gasteiger partial charge in [-0.05, 0) is 31.2 Å². The molecule has 1 aliphatic carbocycles. The average Bonchev–Trinajstić information content (AvgIpc) is 3.18. The molecule has 1 aromatic carbocycles. The van der Waals surface area contributed by atoms with Crippen LogP contribution in [0.5, 0.6) is 0 Å². The molecular formula is C13H16N4OS. The fraction of sp³-hybridized carbons (Fsp3) is 0.385. The van der Waals surface area contributed by atoms with E-state index < -0.39 is 0 Å². The third-order valence-corrected chi connectivity index (χ3v) is 5.07. The molecule has 0 atom stereocenters. The van der Waals surface area contributed by atoms with Gasteiger partial charge in [-0.25, -0.2) is 4.98 Å². The van der Waals surface area contributed by atoms with Crippen molar-refractivity contribution in [3.63, 3.8) is 0 Å². The Morgan fingerprint density at radius 1 is 1.53 bits per heavy atom. The summed E-state index contributed by atoms with van der Waals surface area (Å²) < 4.78 is 0.364. The van der Waals surface area contributed by atoms with Crippen LogP contribution in [0, 0.1) is 0 Å². The van der Waals surface area contributed by atoms with Crippen LogP contribution in [0.3, 0.4) is 0 Å². The molecule has 4 N–H and O–H groups in total. The first-order valence-electron chi connectivity index (χ1n) is 6.19. The lowest BCUT2D eigenvalue weighted by molar-refractivity contribution is 0.950. The molecule has 19 heavy (non-hydrogen) atoms. The van der Waals surface area contributed by atoms with Crippen molar-refractivity contribution in [3.05, 3.63) is 28.8 Å². The van der Waals surface area contributed by atoms with Crippen LogP contribution in [0.4, 0.5) is 11.4 Å². The Kier molecular flexibility index (Phi) is 2.89. The molecule has 0 unspecified atom stereocenters. The van der Waals surface area contributed by atoms with Crippen LogP contribution < -0.4 is 16.6 Å². The molecule has 0 saturated heterocycles. The van der Waals surface area contributed by atoms with Gasteiger partial charge < -0.3 is 16.0 Å². The molecular weight excluding hydrogens is 260 g/mol. The van der Waals surface area contributed by atoms with Gasteiger partial charge in [0.05, 0.1) is 28.6 Å². The highest BCUT2D eigenvalue weighted by Crippen LogP contribution is 2.47. The standard InChI is InChI=1S/C13H16N4OS/c1-19-13(2-3-13)6-15-11-5-10-8(4-9(11)14)12(18)17-7-16-10/h4-5,7,15H,2-3,6,14H2,1H3,(H,16,17,18). The van der Waals surface area contributed by atoms with Crippen LogP contribution in [0.2, 0.25) is 0 Å². The minimum Gasteiger partial charge on any atom is -0.397 e. The van der Waals surface area contributed by atoms with Gasteiger partial charge in [0.25, 0.3) is 5.56 Å². The van der Waals surface area contributed by atoms with Gasteiger partial charge in [0.2, 0.25) is 0 Å². The normalized spacial score (nSPS) is 16.5. The van der Waals surface area contributed by atoms with Crippen LogP contribution in [0.1, 0.15) is 12.8 Å². The molecule has 1 aromatic heterocycles. The highest BCUT2D eigenvalue weighted by atomic mass is 32.2. The van der Waals surface area contributed by atoms with E-state index in [0.29, 0.717) is 21.3 Å². The van der Waals surface area contributed by atoms with E-state index in [1.807, 2.05) is 17.8 Å². The van der Waals surface area contributed by atoms with Crippen LogP contribution in [0.25, 0.3) is 10.9 Å². The number of benzene rings is 1. The summed E-state index contributed by atoms with van der Waals surface area (Å²) in [6, 6.07) is 3.53. The molecule has 0 aliphatic heterocycles. The smallest absolute Gasteiger partial charge is 0.258 e. The molecule has 0 spiro atoms. The van der Waals surface area contributed by atoms with Crippen LogP contribution in [-0.2, 0) is 0 Å². The molecule has 0 bridgehead atoms. The zero-order chi connectivity index (χ0) is 13.5. The third-order valence-electron chi connectivity index (χ3n) is 3.65. The first-order valence-corrected chi connectivity index (χ1v) is 7.42. The van der Waals surface area contributed by atoms with E-state index >= 15 is 0 Å². The number of nitrogens with zero attached hydrogens (tertiary/aromatic N) is 1. The predicted octanol–water partition coefficient (Wildman–Crippen LogP) is 1.81. The Morgan fingerprint density at radius 2 is 2.32 bits per heavy atom. The average molecular weight is 276 g/mol. The summed E-state index contributed by atoms with van der Waals surface area (Å²) in [7, 11) is 0. The fourth-order valence-corrected chi connectivity index (χ4v) is 2.86. The monoisotopic (exact) mass is 276 g/mol. The number of anilines is 2. The van der Waals surface area contributed by atoms with Gasteiger partial charge in [-0.2, -0.15) is 11.8 Å². The van der Waals surface area contributed by atoms with Crippen molar-refractivity contribution in [2.45, 2.75) is 17.6 Å². The van der Waals surface area contributed by atoms with E-state index in [0.717, 1.165) is 12.2 Å². The summed E-state index contributed by atoms with van der Waals surface area (Å²) in [4.78, 5) is 18.4. The minimum absolute atomic E-state index is 0.161. The number of fused-ring (bicyclic) bond motifs is 1. The quantitative estimate of drug-likeness (QED) is 0.742. The summed E-state index contributed by atoms with van der Waals surface area (Å²) in [5.41, 5.74) is 7.94. The molecule has 2 aromatic rings. The number of hydrogen-bond acceptors (Lipinski definition) is 5. The molecule has 3 rings (SSSR count). The largest absolute Gasteiger partial charge is 0.397 e. The maximum absolute atomic E-state index is 11.6. The summed E-state index contributed by atoms with van der Waals surface area (Å²) in [5, 5.41) is 3.90. The SMILES string of the molecule is CSC1(CNc2cc3nc[nH]c(=O)c3cc2N)CC1. The number of nitrogen functional groups attached to an aromatic ring is 1. The third kappa shape index (κ3) is 2.28. The van der Waals surface area contributed by atoms with Gasteiger partial charge in [0, 0.05) is 11.3 Å². The lowest BCUT2D eigenvalue weighted by Crippen LogP contribution is -2.18. The second-order valence-corrected chi connectivity index (χ2v) is 6.20. The number of aromatic nitrogens is 2. The van der Waals surface area contributed by atoms with Crippen LogP contribution in [0.15, 0.2) is 23.3 Å². The number of rotatable bonds is 4. The number of H-pyrrole nitrogens is 1. The van der Waals surface area contributed by atoms with Gasteiger partial charge in [0.15, 0.2) is 0 Å². The Morgan fingerprint density at radius 3 is 3.00 bits per heavy atom. The molecule has 0 radical (unpaired) electrons. The van der Waals surface area contributed by atoms with Crippen molar-refractivity contribution >= 4 is 34.0 Å². The molecule has 0 amide bonds. The molecule has 1 fully saturated rings. The summed E-state index contributed by atoms with van der Waals surface area (Å²) >= 11 is 1.90. The van der Waals surface area contributed by atoms with Crippen molar-refractivity contribution in [1.82, 2.24) is 9.97 Å². The zero-order valence-electron chi connectivity index (χ0n) is 10.7. The summed E-state index contributed by atoms with van der Waals surface area (Å²) in [6.45, 7) is 0.896. The number of nitrogens with one attached hydrogen (secondary N) is 2. The number of nitrogens with two attached hydrogens (primary N) is 1. The second kappa shape index (κ2) is 4.45.